The number of nitrogens with zero attached hydrogens (tertiary/aromatic N) is 2. The third-order valence-corrected chi connectivity index (χ3v) is 13.2. The molecule has 0 aliphatic heterocycles. The van der Waals surface area contributed by atoms with E-state index in [2.05, 4.69) is 234 Å². The maximum Gasteiger partial charge on any atom is 0.0548 e. The molecule has 0 spiro atoms. The summed E-state index contributed by atoms with van der Waals surface area (Å²) in [6, 6.07) is 83.0. The molecule has 0 fully saturated rings. The minimum absolute atomic E-state index is 0.186. The minimum Gasteiger partial charge on any atom is -0.309 e. The van der Waals surface area contributed by atoms with Crippen molar-refractivity contribution in [2.45, 2.75) is 5.92 Å². The minimum atomic E-state index is 0.186. The van der Waals surface area contributed by atoms with E-state index < -0.39 is 0 Å². The van der Waals surface area contributed by atoms with E-state index in [4.69, 9.17) is 0 Å². The van der Waals surface area contributed by atoms with Gasteiger partial charge in [-0.05, 0) is 122 Å². The van der Waals surface area contributed by atoms with Crippen LogP contribution in [0.5, 0.6) is 0 Å². The molecule has 1 atom stereocenters. The Labute approximate surface area is 353 Å². The molecule has 284 valence electrons. The SMILES string of the molecule is c1ccc(-c2ccc(C3c4ccccc4-c4cc(-c5ccc6c(c5)c5cc7c(cc5n6-c5ccc6ccccc6c5)c5ccccc5n7-c5ccccc5)ccc43)cc2)cc1. The van der Waals surface area contributed by atoms with Crippen molar-refractivity contribution in [1.29, 1.82) is 0 Å². The predicted octanol–water partition coefficient (Wildman–Crippen LogP) is 15.5. The first kappa shape index (κ1) is 34.0. The Kier molecular flexibility index (Phi) is 7.40. The smallest absolute Gasteiger partial charge is 0.0548 e. The second kappa shape index (κ2) is 13.3. The number of rotatable bonds is 5. The molecule has 13 rings (SSSR count). The molecule has 2 heterocycles. The second-order valence-corrected chi connectivity index (χ2v) is 16.5. The van der Waals surface area contributed by atoms with Crippen LogP contribution in [0.15, 0.2) is 224 Å². The maximum atomic E-state index is 2.47. The molecule has 10 aromatic carbocycles. The summed E-state index contributed by atoms with van der Waals surface area (Å²) in [5.41, 5.74) is 18.8. The maximum absolute atomic E-state index is 2.47. The van der Waals surface area contributed by atoms with Crippen LogP contribution in [0.3, 0.4) is 0 Å². The van der Waals surface area contributed by atoms with Crippen LogP contribution in [-0.2, 0) is 0 Å². The van der Waals surface area contributed by atoms with Crippen LogP contribution < -0.4 is 0 Å². The van der Waals surface area contributed by atoms with E-state index in [0.29, 0.717) is 0 Å². The van der Waals surface area contributed by atoms with Crippen molar-refractivity contribution < 1.29 is 0 Å². The largest absolute Gasteiger partial charge is 0.309 e. The van der Waals surface area contributed by atoms with Gasteiger partial charge in [-0.15, -0.1) is 0 Å². The summed E-state index contributed by atoms with van der Waals surface area (Å²) in [5.74, 6) is 0.186. The zero-order valence-corrected chi connectivity index (χ0v) is 33.3. The first-order chi connectivity index (χ1) is 30.2. The van der Waals surface area contributed by atoms with Crippen LogP contribution in [-0.4, -0.2) is 9.13 Å². The van der Waals surface area contributed by atoms with E-state index in [1.54, 1.807) is 0 Å². The molecular weight excluding hydrogens is 737 g/mol. The Balaban J connectivity index is 1.01. The standard InChI is InChI=1S/C59H38N2/c1-3-13-38(14-4-1)40-23-25-41(26-24-40)59-49-21-10-9-19-47(49)51-34-43(28-31-50(51)59)44-29-32-56-52(35-44)54-37-57-53(48-20-11-12-22-55(48)60(57)45-17-5-2-6-18-45)36-58(54)61(56)46-30-27-39-15-7-8-16-42(39)33-46/h1-37,59H. The zero-order chi connectivity index (χ0) is 40.0. The van der Waals surface area contributed by atoms with Gasteiger partial charge in [0.05, 0.1) is 22.1 Å². The van der Waals surface area contributed by atoms with Crippen LogP contribution in [0.1, 0.15) is 22.6 Å². The van der Waals surface area contributed by atoms with Gasteiger partial charge in [0, 0.05) is 38.8 Å². The van der Waals surface area contributed by atoms with E-state index in [-0.39, 0.29) is 5.92 Å². The van der Waals surface area contributed by atoms with E-state index in [1.165, 1.54) is 104 Å². The van der Waals surface area contributed by atoms with Gasteiger partial charge in [0.25, 0.3) is 0 Å². The lowest BCUT2D eigenvalue weighted by Crippen LogP contribution is -1.99. The normalized spacial score (nSPS) is 13.4. The number of aromatic nitrogens is 2. The third kappa shape index (κ3) is 5.22. The molecule has 2 heteroatoms. The van der Waals surface area contributed by atoms with Gasteiger partial charge < -0.3 is 9.13 Å². The van der Waals surface area contributed by atoms with Crippen molar-refractivity contribution in [3.05, 3.63) is 241 Å². The number of fused-ring (bicyclic) bond motifs is 10. The van der Waals surface area contributed by atoms with Crippen LogP contribution in [0, 0.1) is 0 Å². The molecule has 0 N–H and O–H groups in total. The summed E-state index contributed by atoms with van der Waals surface area (Å²) >= 11 is 0. The zero-order valence-electron chi connectivity index (χ0n) is 33.3. The molecule has 0 radical (unpaired) electrons. The van der Waals surface area contributed by atoms with Gasteiger partial charge in [-0.25, -0.2) is 0 Å². The fourth-order valence-electron chi connectivity index (χ4n) is 10.3. The highest BCUT2D eigenvalue weighted by Gasteiger charge is 2.30. The summed E-state index contributed by atoms with van der Waals surface area (Å²) in [6.45, 7) is 0. The van der Waals surface area contributed by atoms with E-state index in [9.17, 15) is 0 Å². The lowest BCUT2D eigenvalue weighted by atomic mass is 9.88. The summed E-state index contributed by atoms with van der Waals surface area (Å²) in [6.07, 6.45) is 0. The lowest BCUT2D eigenvalue weighted by Gasteiger charge is -2.15. The molecule has 1 aliphatic carbocycles. The monoisotopic (exact) mass is 774 g/mol. The quantitative estimate of drug-likeness (QED) is 0.165. The summed E-state index contributed by atoms with van der Waals surface area (Å²) < 4.78 is 4.90. The van der Waals surface area contributed by atoms with Gasteiger partial charge in [-0.3, -0.25) is 0 Å². The van der Waals surface area contributed by atoms with E-state index >= 15 is 0 Å². The summed E-state index contributed by atoms with van der Waals surface area (Å²) in [7, 11) is 0. The molecule has 0 saturated heterocycles. The van der Waals surface area contributed by atoms with Gasteiger partial charge in [0.15, 0.2) is 0 Å². The van der Waals surface area contributed by atoms with Gasteiger partial charge >= 0.3 is 0 Å². The molecular formula is C59H38N2. The first-order valence-corrected chi connectivity index (χ1v) is 21.2. The Morgan fingerprint density at radius 1 is 0.279 bits per heavy atom. The van der Waals surface area contributed by atoms with Crippen molar-refractivity contribution >= 4 is 54.4 Å². The van der Waals surface area contributed by atoms with Crippen molar-refractivity contribution in [2.24, 2.45) is 0 Å². The van der Waals surface area contributed by atoms with Crippen molar-refractivity contribution in [3.63, 3.8) is 0 Å². The number of benzene rings is 10. The number of hydrogen-bond acceptors (Lipinski definition) is 0. The van der Waals surface area contributed by atoms with Crippen LogP contribution in [0.4, 0.5) is 0 Å². The van der Waals surface area contributed by atoms with E-state index in [0.717, 1.165) is 11.4 Å². The average Bonchev–Trinajstić information content (AvgIpc) is 3.96. The molecule has 61 heavy (non-hydrogen) atoms. The van der Waals surface area contributed by atoms with Gasteiger partial charge in [0.1, 0.15) is 0 Å². The van der Waals surface area contributed by atoms with Crippen molar-refractivity contribution in [1.82, 2.24) is 9.13 Å². The molecule has 0 bridgehead atoms. The highest BCUT2D eigenvalue weighted by Crippen LogP contribution is 2.50. The van der Waals surface area contributed by atoms with Crippen LogP contribution in [0.25, 0.3) is 99.1 Å². The Hall–Kier alpha value is -7.94. The molecule has 1 unspecified atom stereocenters. The highest BCUT2D eigenvalue weighted by atomic mass is 15.0. The van der Waals surface area contributed by atoms with Gasteiger partial charge in [-0.1, -0.05) is 164 Å². The van der Waals surface area contributed by atoms with E-state index in [1.807, 2.05) is 0 Å². The molecule has 2 aromatic heterocycles. The van der Waals surface area contributed by atoms with Crippen molar-refractivity contribution in [3.8, 4) is 44.8 Å². The van der Waals surface area contributed by atoms with Crippen molar-refractivity contribution in [2.75, 3.05) is 0 Å². The summed E-state index contributed by atoms with van der Waals surface area (Å²) in [4.78, 5) is 0. The third-order valence-electron chi connectivity index (χ3n) is 13.2. The van der Waals surface area contributed by atoms with Gasteiger partial charge in [0.2, 0.25) is 0 Å². The Morgan fingerprint density at radius 2 is 0.852 bits per heavy atom. The van der Waals surface area contributed by atoms with Crippen LogP contribution in [0.2, 0.25) is 0 Å². The lowest BCUT2D eigenvalue weighted by molar-refractivity contribution is 1.02. The van der Waals surface area contributed by atoms with Gasteiger partial charge in [-0.2, -0.15) is 0 Å². The second-order valence-electron chi connectivity index (χ2n) is 16.5. The Morgan fingerprint density at radius 3 is 1.69 bits per heavy atom. The fraction of sp³-hybridized carbons (Fsp3) is 0.0169. The molecule has 1 aliphatic rings. The topological polar surface area (TPSA) is 9.86 Å². The molecule has 12 aromatic rings. The fourth-order valence-corrected chi connectivity index (χ4v) is 10.3. The molecule has 0 amide bonds. The summed E-state index contributed by atoms with van der Waals surface area (Å²) in [5, 5.41) is 7.46. The first-order valence-electron chi connectivity index (χ1n) is 21.2. The highest BCUT2D eigenvalue weighted by molar-refractivity contribution is 6.19. The average molecular weight is 775 g/mol. The molecule has 2 nitrogen and oxygen atoms in total. The van der Waals surface area contributed by atoms with Crippen LogP contribution >= 0.6 is 0 Å². The predicted molar refractivity (Wildman–Crippen MR) is 256 cm³/mol. The number of hydrogen-bond donors (Lipinski definition) is 0. The Bertz CT molecular complexity index is 3680. The molecule has 0 saturated carbocycles. The number of para-hydroxylation sites is 2.